The van der Waals surface area contributed by atoms with Crippen LogP contribution in [0.3, 0.4) is 0 Å². The number of esters is 1. The molecule has 2 amide bonds. The standard InChI is InChI=1S/C23H26Cl2N2O4S/c1-6-27(7-2)22(29)20-14(5)19(23(30)31-13(3)4)21(32-20)26-18(28)12-11-15-16(24)9-8-10-17(15)25/h8-13H,6-7H2,1-5H3,(H,26,28)/b12-11+. The first kappa shape index (κ1) is 25.9. The fourth-order valence-electron chi connectivity index (χ4n) is 2.96. The molecule has 0 aliphatic rings. The molecule has 1 N–H and O–H groups in total. The van der Waals surface area contributed by atoms with E-state index in [0.717, 1.165) is 11.3 Å². The van der Waals surface area contributed by atoms with E-state index in [0.29, 0.717) is 39.1 Å². The van der Waals surface area contributed by atoms with E-state index in [-0.39, 0.29) is 22.6 Å². The van der Waals surface area contributed by atoms with Crippen LogP contribution in [0.1, 0.15) is 58.9 Å². The second-order valence-electron chi connectivity index (χ2n) is 7.15. The molecule has 0 fully saturated rings. The van der Waals surface area contributed by atoms with Gasteiger partial charge in [-0.05, 0) is 58.4 Å². The lowest BCUT2D eigenvalue weighted by molar-refractivity contribution is -0.111. The van der Waals surface area contributed by atoms with Crippen molar-refractivity contribution in [1.82, 2.24) is 4.90 Å². The predicted molar refractivity (Wildman–Crippen MR) is 131 cm³/mol. The third kappa shape index (κ3) is 6.12. The van der Waals surface area contributed by atoms with Gasteiger partial charge in [-0.25, -0.2) is 4.79 Å². The van der Waals surface area contributed by atoms with E-state index in [2.05, 4.69) is 5.32 Å². The fourth-order valence-corrected chi connectivity index (χ4v) is 4.65. The average Bonchev–Trinajstić information content (AvgIpc) is 3.03. The van der Waals surface area contributed by atoms with Gasteiger partial charge in [-0.3, -0.25) is 9.59 Å². The zero-order valence-corrected chi connectivity index (χ0v) is 21.0. The zero-order valence-electron chi connectivity index (χ0n) is 18.6. The summed E-state index contributed by atoms with van der Waals surface area (Å²) in [5.74, 6) is -1.29. The van der Waals surface area contributed by atoms with E-state index in [1.54, 1.807) is 43.9 Å². The maximum absolute atomic E-state index is 12.9. The summed E-state index contributed by atoms with van der Waals surface area (Å²) in [6.45, 7) is 9.96. The van der Waals surface area contributed by atoms with E-state index in [1.807, 2.05) is 13.8 Å². The molecule has 0 unspecified atom stereocenters. The van der Waals surface area contributed by atoms with E-state index >= 15 is 0 Å². The molecular weight excluding hydrogens is 471 g/mol. The number of rotatable bonds is 8. The summed E-state index contributed by atoms with van der Waals surface area (Å²) in [4.78, 5) is 40.3. The van der Waals surface area contributed by atoms with Crippen LogP contribution in [-0.4, -0.2) is 41.9 Å². The molecule has 0 bridgehead atoms. The number of carbonyl (C=O) groups excluding carboxylic acids is 3. The Kier molecular flexibility index (Phi) is 9.31. The summed E-state index contributed by atoms with van der Waals surface area (Å²) in [5, 5.41) is 3.76. The van der Waals surface area contributed by atoms with Crippen molar-refractivity contribution in [2.75, 3.05) is 18.4 Å². The van der Waals surface area contributed by atoms with Gasteiger partial charge in [0.25, 0.3) is 5.91 Å². The number of halogens is 2. The Balaban J connectivity index is 2.41. The van der Waals surface area contributed by atoms with Crippen LogP contribution in [0.25, 0.3) is 6.08 Å². The summed E-state index contributed by atoms with van der Waals surface area (Å²) in [6, 6.07) is 5.04. The minimum absolute atomic E-state index is 0.178. The molecule has 6 nitrogen and oxygen atoms in total. The van der Waals surface area contributed by atoms with Crippen molar-refractivity contribution in [2.24, 2.45) is 0 Å². The van der Waals surface area contributed by atoms with Crippen LogP contribution >= 0.6 is 34.5 Å². The van der Waals surface area contributed by atoms with Crippen molar-refractivity contribution in [3.05, 3.63) is 55.9 Å². The van der Waals surface area contributed by atoms with Gasteiger partial charge in [0, 0.05) is 34.8 Å². The molecule has 0 saturated heterocycles. The lowest BCUT2D eigenvalue weighted by Crippen LogP contribution is -2.30. The van der Waals surface area contributed by atoms with Crippen molar-refractivity contribution in [1.29, 1.82) is 0 Å². The minimum Gasteiger partial charge on any atom is -0.459 e. The number of hydrogen-bond acceptors (Lipinski definition) is 5. The quantitative estimate of drug-likeness (QED) is 0.355. The molecule has 0 saturated carbocycles. The molecular formula is C23H26Cl2N2O4S. The largest absolute Gasteiger partial charge is 0.459 e. The molecule has 9 heteroatoms. The van der Waals surface area contributed by atoms with Gasteiger partial charge in [0.1, 0.15) is 5.00 Å². The van der Waals surface area contributed by atoms with Crippen LogP contribution in [0.4, 0.5) is 5.00 Å². The summed E-state index contributed by atoms with van der Waals surface area (Å²) in [7, 11) is 0. The van der Waals surface area contributed by atoms with Gasteiger partial charge < -0.3 is 15.0 Å². The highest BCUT2D eigenvalue weighted by Crippen LogP contribution is 2.35. The van der Waals surface area contributed by atoms with Gasteiger partial charge in [0.2, 0.25) is 5.91 Å². The topological polar surface area (TPSA) is 75.7 Å². The van der Waals surface area contributed by atoms with Crippen molar-refractivity contribution >= 4 is 63.4 Å². The lowest BCUT2D eigenvalue weighted by Gasteiger charge is -2.18. The minimum atomic E-state index is -0.597. The van der Waals surface area contributed by atoms with E-state index < -0.39 is 11.9 Å². The van der Waals surface area contributed by atoms with Crippen LogP contribution in [0, 0.1) is 6.92 Å². The van der Waals surface area contributed by atoms with Gasteiger partial charge >= 0.3 is 5.97 Å². The second-order valence-corrected chi connectivity index (χ2v) is 8.98. The third-order valence-corrected chi connectivity index (χ3v) is 6.43. The smallest absolute Gasteiger partial charge is 0.341 e. The molecule has 1 aromatic heterocycles. The Morgan fingerprint density at radius 3 is 2.28 bits per heavy atom. The van der Waals surface area contributed by atoms with E-state index in [4.69, 9.17) is 27.9 Å². The number of amides is 2. The average molecular weight is 497 g/mol. The Hall–Kier alpha value is -2.35. The normalized spacial score (nSPS) is 11.1. The number of nitrogens with one attached hydrogen (secondary N) is 1. The Labute approximate surface area is 202 Å². The Bertz CT molecular complexity index is 1020. The highest BCUT2D eigenvalue weighted by Gasteiger charge is 2.28. The fraction of sp³-hybridized carbons (Fsp3) is 0.348. The number of ether oxygens (including phenoxy) is 1. The first-order valence-electron chi connectivity index (χ1n) is 10.2. The van der Waals surface area contributed by atoms with Crippen molar-refractivity contribution in [2.45, 2.75) is 40.7 Å². The number of nitrogens with zero attached hydrogens (tertiary/aromatic N) is 1. The summed E-state index contributed by atoms with van der Waals surface area (Å²) >= 11 is 13.3. The molecule has 0 spiro atoms. The van der Waals surface area contributed by atoms with E-state index in [9.17, 15) is 14.4 Å². The maximum Gasteiger partial charge on any atom is 0.341 e. The number of anilines is 1. The predicted octanol–water partition coefficient (Wildman–Crippen LogP) is 6.06. The van der Waals surface area contributed by atoms with Crippen molar-refractivity contribution in [3.63, 3.8) is 0 Å². The maximum atomic E-state index is 12.9. The first-order chi connectivity index (χ1) is 15.1. The highest BCUT2D eigenvalue weighted by atomic mass is 35.5. The van der Waals surface area contributed by atoms with Crippen LogP contribution in [0.5, 0.6) is 0 Å². The molecule has 1 aromatic carbocycles. The molecule has 1 heterocycles. The molecule has 0 atom stereocenters. The first-order valence-corrected chi connectivity index (χ1v) is 11.7. The third-order valence-electron chi connectivity index (χ3n) is 4.58. The second kappa shape index (κ2) is 11.5. The van der Waals surface area contributed by atoms with Gasteiger partial charge in [0.05, 0.1) is 16.5 Å². The van der Waals surface area contributed by atoms with Gasteiger partial charge in [0.15, 0.2) is 0 Å². The van der Waals surface area contributed by atoms with Crippen LogP contribution in [0.15, 0.2) is 24.3 Å². The summed E-state index contributed by atoms with van der Waals surface area (Å²) in [6.07, 6.45) is 2.41. The van der Waals surface area contributed by atoms with Gasteiger partial charge in [-0.2, -0.15) is 0 Å². The number of carbonyl (C=O) groups is 3. The molecule has 172 valence electrons. The SMILES string of the molecule is CCN(CC)C(=O)c1sc(NC(=O)/C=C/c2c(Cl)cccc2Cl)c(C(=O)OC(C)C)c1C. The summed E-state index contributed by atoms with van der Waals surface area (Å²) < 4.78 is 5.34. The number of hydrogen-bond donors (Lipinski definition) is 1. The van der Waals surface area contributed by atoms with Gasteiger partial charge in [-0.15, -0.1) is 11.3 Å². The number of thiophene rings is 1. The molecule has 32 heavy (non-hydrogen) atoms. The molecule has 0 aliphatic carbocycles. The number of benzene rings is 1. The zero-order chi connectivity index (χ0) is 24.0. The lowest BCUT2D eigenvalue weighted by atomic mass is 10.1. The molecule has 0 aliphatic heterocycles. The molecule has 2 rings (SSSR count). The Morgan fingerprint density at radius 2 is 1.75 bits per heavy atom. The van der Waals surface area contributed by atoms with Crippen LogP contribution < -0.4 is 5.32 Å². The Morgan fingerprint density at radius 1 is 1.16 bits per heavy atom. The van der Waals surface area contributed by atoms with Crippen LogP contribution in [-0.2, 0) is 9.53 Å². The van der Waals surface area contributed by atoms with Crippen molar-refractivity contribution < 1.29 is 19.1 Å². The summed E-state index contributed by atoms with van der Waals surface area (Å²) in [5.41, 5.74) is 1.16. The van der Waals surface area contributed by atoms with Gasteiger partial charge in [-0.1, -0.05) is 29.3 Å². The van der Waals surface area contributed by atoms with Crippen LogP contribution in [0.2, 0.25) is 10.0 Å². The molecule has 0 radical (unpaired) electrons. The van der Waals surface area contributed by atoms with Crippen molar-refractivity contribution in [3.8, 4) is 0 Å². The van der Waals surface area contributed by atoms with E-state index in [1.165, 1.54) is 12.2 Å². The highest BCUT2D eigenvalue weighted by molar-refractivity contribution is 7.18. The monoisotopic (exact) mass is 496 g/mol. The molecule has 2 aromatic rings.